The van der Waals surface area contributed by atoms with Crippen LogP contribution in [0, 0.1) is 0 Å². The van der Waals surface area contributed by atoms with Gasteiger partial charge in [0.2, 0.25) is 0 Å². The summed E-state index contributed by atoms with van der Waals surface area (Å²) in [5.74, 6) is 1.58. The number of rotatable bonds is 9. The largest absolute Gasteiger partial charge is 0.385 e. The Morgan fingerprint density at radius 1 is 1.29 bits per heavy atom. The molecule has 1 unspecified atom stereocenters. The van der Waals surface area contributed by atoms with Crippen molar-refractivity contribution >= 4 is 10.8 Å². The molecule has 0 aromatic rings. The molecule has 0 aliphatic rings. The van der Waals surface area contributed by atoms with Crippen molar-refractivity contribution in [3.8, 4) is 0 Å². The van der Waals surface area contributed by atoms with Crippen molar-refractivity contribution in [2.45, 2.75) is 32.7 Å². The standard InChI is InChI=1S/C10H23NO2S/c1-10(2)11-6-4-8-14(12)9-5-7-13-3/h10-11H,4-9H2,1-3H3. The normalized spacial score (nSPS) is 13.4. The zero-order valence-corrected chi connectivity index (χ0v) is 10.4. The van der Waals surface area contributed by atoms with Crippen LogP contribution in [0.3, 0.4) is 0 Å². The Labute approximate surface area is 90.1 Å². The van der Waals surface area contributed by atoms with Crippen LogP contribution in [0.15, 0.2) is 0 Å². The second kappa shape index (κ2) is 9.62. The van der Waals surface area contributed by atoms with Crippen LogP contribution in [-0.4, -0.2) is 42.0 Å². The smallest absolute Gasteiger partial charge is 0.0471 e. The Kier molecular flexibility index (Phi) is 9.67. The molecule has 14 heavy (non-hydrogen) atoms. The maximum absolute atomic E-state index is 11.4. The number of methoxy groups -OCH3 is 1. The SMILES string of the molecule is COCCCS(=O)CCCNC(C)C. The van der Waals surface area contributed by atoms with Gasteiger partial charge in [0.05, 0.1) is 0 Å². The van der Waals surface area contributed by atoms with Crippen molar-refractivity contribution in [1.29, 1.82) is 0 Å². The van der Waals surface area contributed by atoms with E-state index in [-0.39, 0.29) is 0 Å². The molecule has 0 aliphatic heterocycles. The number of hydrogen-bond donors (Lipinski definition) is 1. The third-order valence-corrected chi connectivity index (χ3v) is 3.31. The van der Waals surface area contributed by atoms with Gasteiger partial charge in [-0.1, -0.05) is 13.8 Å². The topological polar surface area (TPSA) is 38.3 Å². The molecule has 0 spiro atoms. The van der Waals surface area contributed by atoms with Gasteiger partial charge in [0.1, 0.15) is 0 Å². The van der Waals surface area contributed by atoms with Crippen LogP contribution in [0.1, 0.15) is 26.7 Å². The van der Waals surface area contributed by atoms with E-state index in [0.29, 0.717) is 6.04 Å². The quantitative estimate of drug-likeness (QED) is 0.594. The Morgan fingerprint density at radius 3 is 2.50 bits per heavy atom. The minimum absolute atomic E-state index is 0.525. The van der Waals surface area contributed by atoms with Crippen LogP contribution in [-0.2, 0) is 15.5 Å². The summed E-state index contributed by atoms with van der Waals surface area (Å²) in [6, 6.07) is 0.525. The predicted octanol–water partition coefficient (Wildman–Crippen LogP) is 1.16. The summed E-state index contributed by atoms with van der Waals surface area (Å²) < 4.78 is 16.3. The molecule has 1 N–H and O–H groups in total. The van der Waals surface area contributed by atoms with E-state index in [1.165, 1.54) is 0 Å². The highest BCUT2D eigenvalue weighted by molar-refractivity contribution is 7.84. The fourth-order valence-corrected chi connectivity index (χ4v) is 2.20. The lowest BCUT2D eigenvalue weighted by Gasteiger charge is -2.07. The van der Waals surface area contributed by atoms with Crippen LogP contribution in [0.2, 0.25) is 0 Å². The fraction of sp³-hybridized carbons (Fsp3) is 1.00. The molecule has 0 aromatic carbocycles. The highest BCUT2D eigenvalue weighted by atomic mass is 32.2. The minimum Gasteiger partial charge on any atom is -0.385 e. The molecule has 0 saturated heterocycles. The number of nitrogens with one attached hydrogen (secondary N) is 1. The maximum Gasteiger partial charge on any atom is 0.0471 e. The molecule has 3 nitrogen and oxygen atoms in total. The fourth-order valence-electron chi connectivity index (χ4n) is 1.09. The first-order valence-corrected chi connectivity index (χ1v) is 6.73. The summed E-state index contributed by atoms with van der Waals surface area (Å²) >= 11 is 0. The Balaban J connectivity index is 3.18. The van der Waals surface area contributed by atoms with Gasteiger partial charge in [-0.2, -0.15) is 0 Å². The molecular weight excluding hydrogens is 198 g/mol. The first-order chi connectivity index (χ1) is 6.66. The molecule has 0 aliphatic carbocycles. The Hall–Kier alpha value is 0.0700. The van der Waals surface area contributed by atoms with E-state index >= 15 is 0 Å². The summed E-state index contributed by atoms with van der Waals surface area (Å²) in [5.41, 5.74) is 0. The third-order valence-electron chi connectivity index (χ3n) is 1.82. The van der Waals surface area contributed by atoms with Crippen molar-refractivity contribution in [1.82, 2.24) is 5.32 Å². The van der Waals surface area contributed by atoms with Gasteiger partial charge in [-0.3, -0.25) is 4.21 Å². The lowest BCUT2D eigenvalue weighted by atomic mass is 10.4. The van der Waals surface area contributed by atoms with E-state index in [1.54, 1.807) is 7.11 Å². The molecule has 0 rings (SSSR count). The summed E-state index contributed by atoms with van der Waals surface area (Å²) in [6.45, 7) is 5.93. The van der Waals surface area contributed by atoms with Crippen LogP contribution in [0.5, 0.6) is 0 Å². The van der Waals surface area contributed by atoms with Crippen molar-refractivity contribution in [3.63, 3.8) is 0 Å². The van der Waals surface area contributed by atoms with E-state index < -0.39 is 10.8 Å². The van der Waals surface area contributed by atoms with Gasteiger partial charge in [-0.25, -0.2) is 0 Å². The number of ether oxygens (including phenoxy) is 1. The molecule has 0 heterocycles. The van der Waals surface area contributed by atoms with Gasteiger partial charge < -0.3 is 10.1 Å². The monoisotopic (exact) mass is 221 g/mol. The molecule has 0 amide bonds. The average Bonchev–Trinajstić information content (AvgIpc) is 2.13. The van der Waals surface area contributed by atoms with E-state index in [0.717, 1.165) is 37.5 Å². The molecule has 4 heteroatoms. The van der Waals surface area contributed by atoms with Crippen LogP contribution < -0.4 is 5.32 Å². The minimum atomic E-state index is -0.656. The van der Waals surface area contributed by atoms with Gasteiger partial charge in [-0.05, 0) is 19.4 Å². The highest BCUT2D eigenvalue weighted by Gasteiger charge is 1.99. The second-order valence-electron chi connectivity index (χ2n) is 3.66. The maximum atomic E-state index is 11.4. The Morgan fingerprint density at radius 2 is 1.93 bits per heavy atom. The lowest BCUT2D eigenvalue weighted by Crippen LogP contribution is -2.24. The van der Waals surface area contributed by atoms with Crippen molar-refractivity contribution in [2.75, 3.05) is 31.8 Å². The Bertz CT molecular complexity index is 151. The van der Waals surface area contributed by atoms with Crippen molar-refractivity contribution < 1.29 is 8.95 Å². The van der Waals surface area contributed by atoms with Crippen LogP contribution in [0.4, 0.5) is 0 Å². The summed E-state index contributed by atoms with van der Waals surface area (Å²) in [5, 5.41) is 3.31. The van der Waals surface area contributed by atoms with Gasteiger partial charge in [0.25, 0.3) is 0 Å². The first-order valence-electron chi connectivity index (χ1n) is 5.24. The van der Waals surface area contributed by atoms with E-state index in [1.807, 2.05) is 0 Å². The van der Waals surface area contributed by atoms with Crippen LogP contribution >= 0.6 is 0 Å². The third kappa shape index (κ3) is 10.2. The first kappa shape index (κ1) is 14.1. The van der Waals surface area contributed by atoms with E-state index in [4.69, 9.17) is 4.74 Å². The van der Waals surface area contributed by atoms with Gasteiger partial charge in [-0.15, -0.1) is 0 Å². The van der Waals surface area contributed by atoms with Gasteiger partial charge in [0.15, 0.2) is 0 Å². The zero-order valence-electron chi connectivity index (χ0n) is 9.54. The molecule has 0 bridgehead atoms. The molecule has 0 radical (unpaired) electrons. The van der Waals surface area contributed by atoms with E-state index in [9.17, 15) is 4.21 Å². The lowest BCUT2D eigenvalue weighted by molar-refractivity contribution is 0.200. The molecular formula is C10H23NO2S. The molecule has 0 fully saturated rings. The predicted molar refractivity (Wildman–Crippen MR) is 62.1 cm³/mol. The molecule has 0 aromatic heterocycles. The molecule has 1 atom stereocenters. The van der Waals surface area contributed by atoms with Gasteiger partial charge >= 0.3 is 0 Å². The highest BCUT2D eigenvalue weighted by Crippen LogP contribution is 1.92. The molecule has 0 saturated carbocycles. The average molecular weight is 221 g/mol. The summed E-state index contributed by atoms with van der Waals surface area (Å²) in [4.78, 5) is 0. The zero-order chi connectivity index (χ0) is 10.8. The molecule has 86 valence electrons. The second-order valence-corrected chi connectivity index (χ2v) is 5.35. The summed E-state index contributed by atoms with van der Waals surface area (Å²) in [6.07, 6.45) is 1.90. The number of hydrogen-bond acceptors (Lipinski definition) is 3. The van der Waals surface area contributed by atoms with Gasteiger partial charge in [0, 0.05) is 42.1 Å². The van der Waals surface area contributed by atoms with Crippen molar-refractivity contribution in [3.05, 3.63) is 0 Å². The van der Waals surface area contributed by atoms with Crippen LogP contribution in [0.25, 0.3) is 0 Å². The van der Waals surface area contributed by atoms with E-state index in [2.05, 4.69) is 19.2 Å². The summed E-state index contributed by atoms with van der Waals surface area (Å²) in [7, 11) is 1.02. The van der Waals surface area contributed by atoms with Crippen molar-refractivity contribution in [2.24, 2.45) is 0 Å².